The molecule has 1 aliphatic rings. The molecule has 0 saturated carbocycles. The number of hydrogen-bond donors (Lipinski definition) is 0. The zero-order valence-electron chi connectivity index (χ0n) is 9.66. The molecule has 1 heterocycles. The van der Waals surface area contributed by atoms with Crippen LogP contribution in [0.25, 0.3) is 0 Å². The highest BCUT2D eigenvalue weighted by molar-refractivity contribution is 5.12. The molecule has 0 aromatic heterocycles. The maximum absolute atomic E-state index is 4.03. The fourth-order valence-corrected chi connectivity index (χ4v) is 2.03. The van der Waals surface area contributed by atoms with Crippen molar-refractivity contribution < 1.29 is 0 Å². The van der Waals surface area contributed by atoms with Crippen LogP contribution in [0.1, 0.15) is 19.8 Å². The summed E-state index contributed by atoms with van der Waals surface area (Å²) in [5.41, 5.74) is 1.06. The predicted molar refractivity (Wildman–Crippen MR) is 62.2 cm³/mol. The van der Waals surface area contributed by atoms with Crippen molar-refractivity contribution in [3.05, 3.63) is 24.9 Å². The first-order valence-electron chi connectivity index (χ1n) is 5.30. The van der Waals surface area contributed by atoms with Crippen molar-refractivity contribution in [2.75, 3.05) is 20.6 Å². The second-order valence-corrected chi connectivity index (χ2v) is 4.39. The third kappa shape index (κ3) is 2.38. The summed E-state index contributed by atoms with van der Waals surface area (Å²) in [6, 6.07) is 1.26. The molecular formula is C12H22N2. The van der Waals surface area contributed by atoms with Crippen molar-refractivity contribution in [3.8, 4) is 0 Å². The van der Waals surface area contributed by atoms with Gasteiger partial charge < -0.3 is 9.80 Å². The smallest absolute Gasteiger partial charge is 0.0336 e. The predicted octanol–water partition coefficient (Wildman–Crippen LogP) is 2.10. The number of rotatable bonds is 3. The van der Waals surface area contributed by atoms with Gasteiger partial charge in [0, 0.05) is 24.3 Å². The van der Waals surface area contributed by atoms with E-state index in [1.165, 1.54) is 12.8 Å². The monoisotopic (exact) mass is 194 g/mol. The molecule has 1 rings (SSSR count). The Balaban J connectivity index is 2.64. The first-order chi connectivity index (χ1) is 6.56. The van der Waals surface area contributed by atoms with Crippen molar-refractivity contribution in [2.24, 2.45) is 0 Å². The average molecular weight is 194 g/mol. The molecule has 0 unspecified atom stereocenters. The maximum atomic E-state index is 4.03. The van der Waals surface area contributed by atoms with Gasteiger partial charge in [0.1, 0.15) is 0 Å². The summed E-state index contributed by atoms with van der Waals surface area (Å²) in [5, 5.41) is 0. The van der Waals surface area contributed by atoms with Crippen molar-refractivity contribution in [1.29, 1.82) is 0 Å². The minimum atomic E-state index is 0.608. The summed E-state index contributed by atoms with van der Waals surface area (Å²) in [4.78, 5) is 4.66. The van der Waals surface area contributed by atoms with Gasteiger partial charge in [-0.25, -0.2) is 0 Å². The lowest BCUT2D eigenvalue weighted by atomic mass is 9.98. The van der Waals surface area contributed by atoms with Crippen LogP contribution in [-0.4, -0.2) is 42.5 Å². The van der Waals surface area contributed by atoms with Crippen molar-refractivity contribution in [1.82, 2.24) is 9.80 Å². The van der Waals surface area contributed by atoms with Gasteiger partial charge in [0.05, 0.1) is 0 Å². The molecular weight excluding hydrogens is 172 g/mol. The van der Waals surface area contributed by atoms with E-state index < -0.39 is 0 Å². The van der Waals surface area contributed by atoms with E-state index in [0.717, 1.165) is 12.2 Å². The van der Waals surface area contributed by atoms with Crippen LogP contribution >= 0.6 is 0 Å². The minimum Gasteiger partial charge on any atom is -0.368 e. The van der Waals surface area contributed by atoms with Gasteiger partial charge in [-0.05, 0) is 39.9 Å². The number of hydrogen-bond acceptors (Lipinski definition) is 2. The summed E-state index contributed by atoms with van der Waals surface area (Å²) in [7, 11) is 4.30. The van der Waals surface area contributed by atoms with Gasteiger partial charge in [-0.15, -0.1) is 0 Å². The van der Waals surface area contributed by atoms with Crippen LogP contribution in [0, 0.1) is 0 Å². The van der Waals surface area contributed by atoms with Gasteiger partial charge in [-0.1, -0.05) is 13.2 Å². The van der Waals surface area contributed by atoms with Crippen LogP contribution in [-0.2, 0) is 0 Å². The molecule has 0 radical (unpaired) electrons. The second kappa shape index (κ2) is 4.65. The van der Waals surface area contributed by atoms with Crippen LogP contribution in [0.4, 0.5) is 0 Å². The number of piperidine rings is 1. The van der Waals surface area contributed by atoms with Gasteiger partial charge in [0.25, 0.3) is 0 Å². The van der Waals surface area contributed by atoms with E-state index in [1.54, 1.807) is 0 Å². The lowest BCUT2D eigenvalue weighted by Gasteiger charge is -2.42. The topological polar surface area (TPSA) is 6.48 Å². The van der Waals surface area contributed by atoms with Crippen LogP contribution in [0.2, 0.25) is 0 Å². The van der Waals surface area contributed by atoms with Crippen LogP contribution < -0.4 is 0 Å². The van der Waals surface area contributed by atoms with Gasteiger partial charge in [0.15, 0.2) is 0 Å². The SMILES string of the molecule is C=CC(=C)N1C[C@H](N(C)C)CC[C@H]1C. The third-order valence-corrected chi connectivity index (χ3v) is 3.19. The highest BCUT2D eigenvalue weighted by Crippen LogP contribution is 2.23. The van der Waals surface area contributed by atoms with Crippen molar-refractivity contribution >= 4 is 0 Å². The Bertz CT molecular complexity index is 220. The molecule has 0 N–H and O–H groups in total. The molecule has 0 aliphatic carbocycles. The molecule has 14 heavy (non-hydrogen) atoms. The number of nitrogens with zero attached hydrogens (tertiary/aromatic N) is 2. The molecule has 2 heteroatoms. The molecule has 0 aromatic rings. The fraction of sp³-hybridized carbons (Fsp3) is 0.667. The summed E-state index contributed by atoms with van der Waals surface area (Å²) < 4.78 is 0. The molecule has 1 fully saturated rings. The number of allylic oxidation sites excluding steroid dienone is 1. The minimum absolute atomic E-state index is 0.608. The highest BCUT2D eigenvalue weighted by Gasteiger charge is 2.26. The first-order valence-corrected chi connectivity index (χ1v) is 5.30. The molecule has 2 atom stereocenters. The average Bonchev–Trinajstić information content (AvgIpc) is 2.17. The second-order valence-electron chi connectivity index (χ2n) is 4.39. The number of likely N-dealkylation sites (tertiary alicyclic amines) is 1. The van der Waals surface area contributed by atoms with E-state index in [9.17, 15) is 0 Å². The highest BCUT2D eigenvalue weighted by atomic mass is 15.2. The van der Waals surface area contributed by atoms with Crippen LogP contribution in [0.5, 0.6) is 0 Å². The van der Waals surface area contributed by atoms with Crippen LogP contribution in [0.15, 0.2) is 24.9 Å². The Morgan fingerprint density at radius 2 is 2.07 bits per heavy atom. The molecule has 0 bridgehead atoms. The Hall–Kier alpha value is -0.760. The zero-order valence-corrected chi connectivity index (χ0v) is 9.66. The van der Waals surface area contributed by atoms with E-state index in [0.29, 0.717) is 12.1 Å². The van der Waals surface area contributed by atoms with Crippen molar-refractivity contribution in [3.63, 3.8) is 0 Å². The van der Waals surface area contributed by atoms with Crippen molar-refractivity contribution in [2.45, 2.75) is 31.8 Å². The fourth-order valence-electron chi connectivity index (χ4n) is 2.03. The molecule has 1 saturated heterocycles. The van der Waals surface area contributed by atoms with E-state index >= 15 is 0 Å². The molecule has 80 valence electrons. The Labute approximate surface area is 87.9 Å². The van der Waals surface area contributed by atoms with Gasteiger partial charge >= 0.3 is 0 Å². The zero-order chi connectivity index (χ0) is 10.7. The summed E-state index contributed by atoms with van der Waals surface area (Å²) >= 11 is 0. The quantitative estimate of drug-likeness (QED) is 0.635. The maximum Gasteiger partial charge on any atom is 0.0336 e. The molecule has 2 nitrogen and oxygen atoms in total. The lowest BCUT2D eigenvalue weighted by molar-refractivity contribution is 0.124. The molecule has 1 aliphatic heterocycles. The van der Waals surface area contributed by atoms with E-state index in [2.05, 4.69) is 44.0 Å². The van der Waals surface area contributed by atoms with Gasteiger partial charge in [-0.3, -0.25) is 0 Å². The summed E-state index contributed by atoms with van der Waals surface area (Å²) in [5.74, 6) is 0. The van der Waals surface area contributed by atoms with E-state index in [1.807, 2.05) is 6.08 Å². The largest absolute Gasteiger partial charge is 0.368 e. The van der Waals surface area contributed by atoms with E-state index in [-0.39, 0.29) is 0 Å². The molecule has 0 amide bonds. The Morgan fingerprint density at radius 1 is 1.43 bits per heavy atom. The van der Waals surface area contributed by atoms with E-state index in [4.69, 9.17) is 0 Å². The Morgan fingerprint density at radius 3 is 2.57 bits per heavy atom. The summed E-state index contributed by atoms with van der Waals surface area (Å²) in [6.07, 6.45) is 4.39. The third-order valence-electron chi connectivity index (χ3n) is 3.19. The molecule has 0 spiro atoms. The van der Waals surface area contributed by atoms with Gasteiger partial charge in [0.2, 0.25) is 0 Å². The normalized spacial score (nSPS) is 27.9. The summed E-state index contributed by atoms with van der Waals surface area (Å²) in [6.45, 7) is 11.2. The lowest BCUT2D eigenvalue weighted by Crippen LogP contribution is -2.48. The first kappa shape index (κ1) is 11.3. The Kier molecular flexibility index (Phi) is 3.76. The van der Waals surface area contributed by atoms with Crippen LogP contribution in [0.3, 0.4) is 0 Å². The number of likely N-dealkylation sites (N-methyl/N-ethyl adjacent to an activating group) is 1. The van der Waals surface area contributed by atoms with Gasteiger partial charge in [-0.2, -0.15) is 0 Å². The standard InChI is InChI=1S/C12H22N2/c1-6-10(2)14-9-12(13(4)5)8-7-11(14)3/h6,11-12H,1-2,7-9H2,3-5H3/t11-,12-/m1/s1. The molecule has 0 aromatic carbocycles.